The van der Waals surface area contributed by atoms with Crippen LogP contribution in [0.2, 0.25) is 0 Å². The molecule has 3 aromatic rings. The van der Waals surface area contributed by atoms with E-state index in [9.17, 15) is 5.11 Å². The molecule has 160 valence electrons. The van der Waals surface area contributed by atoms with Crippen molar-refractivity contribution < 1.29 is 5.11 Å². The predicted octanol–water partition coefficient (Wildman–Crippen LogP) is 4.87. The summed E-state index contributed by atoms with van der Waals surface area (Å²) >= 11 is 3.61. The fourth-order valence-electron chi connectivity index (χ4n) is 5.55. The third-order valence-corrected chi connectivity index (χ3v) is 7.59. The number of aliphatic hydroxyl groups is 1. The number of para-hydroxylation sites is 1. The Balaban J connectivity index is 1.26. The van der Waals surface area contributed by atoms with Crippen molar-refractivity contribution in [1.82, 2.24) is 14.4 Å². The van der Waals surface area contributed by atoms with Gasteiger partial charge < -0.3 is 9.67 Å². The Hall–Kier alpha value is -1.40. The lowest BCUT2D eigenvalue weighted by atomic mass is 9.94. The molecule has 5 rings (SSSR count). The lowest BCUT2D eigenvalue weighted by Crippen LogP contribution is -2.52. The molecule has 0 unspecified atom stereocenters. The normalized spacial score (nSPS) is 20.9. The topological polar surface area (TPSA) is 31.6 Å². The summed E-state index contributed by atoms with van der Waals surface area (Å²) in [7, 11) is 0. The number of nitrogens with zero attached hydrogens (tertiary/aromatic N) is 3. The van der Waals surface area contributed by atoms with Crippen LogP contribution in [0.1, 0.15) is 32.1 Å². The molecule has 2 fully saturated rings. The van der Waals surface area contributed by atoms with Gasteiger partial charge in [0.15, 0.2) is 0 Å². The number of rotatable bonds is 5. The van der Waals surface area contributed by atoms with Gasteiger partial charge in [-0.1, -0.05) is 53.4 Å². The van der Waals surface area contributed by atoms with Crippen LogP contribution >= 0.6 is 15.9 Å². The van der Waals surface area contributed by atoms with Gasteiger partial charge in [0.2, 0.25) is 0 Å². The van der Waals surface area contributed by atoms with Gasteiger partial charge in [0.25, 0.3) is 0 Å². The molecule has 30 heavy (non-hydrogen) atoms. The Labute approximate surface area is 187 Å². The van der Waals surface area contributed by atoms with Crippen LogP contribution in [-0.4, -0.2) is 64.3 Å². The van der Waals surface area contributed by atoms with Crippen molar-refractivity contribution in [3.8, 4) is 0 Å². The second kappa shape index (κ2) is 8.99. The second-order valence-electron chi connectivity index (χ2n) is 9.07. The molecule has 0 radical (unpaired) electrons. The standard InChI is InChI=1S/C25H32BrN3O/c26-19-10-11-25-23(16-19)22-8-4-5-9-24(22)29(25)18-21(30)17-27-12-14-28(15-13-27)20-6-2-1-3-7-20/h4-5,8-11,16,20-21,30H,1-3,6-7,12-15,17-18H2/t21-/m1/s1. The van der Waals surface area contributed by atoms with Gasteiger partial charge in [-0.05, 0) is 37.1 Å². The van der Waals surface area contributed by atoms with Gasteiger partial charge in [-0.3, -0.25) is 9.80 Å². The predicted molar refractivity (Wildman–Crippen MR) is 128 cm³/mol. The van der Waals surface area contributed by atoms with Gasteiger partial charge in [-0.25, -0.2) is 0 Å². The third-order valence-electron chi connectivity index (χ3n) is 7.09. The number of hydrogen-bond donors (Lipinski definition) is 1. The molecule has 1 N–H and O–H groups in total. The number of benzene rings is 2. The molecule has 4 nitrogen and oxygen atoms in total. The Kier molecular flexibility index (Phi) is 6.15. The minimum atomic E-state index is -0.367. The SMILES string of the molecule is O[C@H](CN1CCN(C2CCCCC2)CC1)Cn1c2ccccc2c2cc(Br)ccc21. The number of piperazine rings is 1. The van der Waals surface area contributed by atoms with E-state index in [0.29, 0.717) is 6.54 Å². The van der Waals surface area contributed by atoms with Gasteiger partial charge in [-0.2, -0.15) is 0 Å². The highest BCUT2D eigenvalue weighted by Gasteiger charge is 2.26. The highest BCUT2D eigenvalue weighted by Crippen LogP contribution is 2.31. The average Bonchev–Trinajstić information content (AvgIpc) is 3.08. The first-order valence-corrected chi connectivity index (χ1v) is 12.3. The first-order chi connectivity index (χ1) is 14.7. The number of hydrogen-bond acceptors (Lipinski definition) is 3. The van der Waals surface area contributed by atoms with Crippen LogP contribution in [0.5, 0.6) is 0 Å². The molecule has 0 bridgehead atoms. The van der Waals surface area contributed by atoms with E-state index in [1.165, 1.54) is 53.9 Å². The molecule has 2 aromatic carbocycles. The van der Waals surface area contributed by atoms with Crippen molar-refractivity contribution in [1.29, 1.82) is 0 Å². The molecule has 1 aliphatic heterocycles. The van der Waals surface area contributed by atoms with Gasteiger partial charge in [0.05, 0.1) is 12.6 Å². The van der Waals surface area contributed by atoms with Crippen molar-refractivity contribution >= 4 is 37.7 Å². The van der Waals surface area contributed by atoms with Crippen LogP contribution in [0, 0.1) is 0 Å². The van der Waals surface area contributed by atoms with E-state index in [2.05, 4.69) is 72.8 Å². The summed E-state index contributed by atoms with van der Waals surface area (Å²) in [5, 5.41) is 13.5. The summed E-state index contributed by atoms with van der Waals surface area (Å²) < 4.78 is 3.38. The zero-order valence-electron chi connectivity index (χ0n) is 17.6. The summed E-state index contributed by atoms with van der Waals surface area (Å²) in [6, 6.07) is 15.8. The lowest BCUT2D eigenvalue weighted by Gasteiger charge is -2.41. The van der Waals surface area contributed by atoms with Gasteiger partial charge >= 0.3 is 0 Å². The minimum absolute atomic E-state index is 0.367. The van der Waals surface area contributed by atoms with E-state index in [0.717, 1.165) is 43.2 Å². The molecule has 1 atom stereocenters. The van der Waals surface area contributed by atoms with Crippen molar-refractivity contribution in [3.63, 3.8) is 0 Å². The fraction of sp³-hybridized carbons (Fsp3) is 0.520. The van der Waals surface area contributed by atoms with Crippen molar-refractivity contribution in [2.45, 2.75) is 50.8 Å². The summed E-state index contributed by atoms with van der Waals surface area (Å²) in [6.07, 6.45) is 6.62. The van der Waals surface area contributed by atoms with Crippen molar-refractivity contribution in [2.24, 2.45) is 0 Å². The monoisotopic (exact) mass is 469 g/mol. The Bertz CT molecular complexity index is 1000. The summed E-state index contributed by atoms with van der Waals surface area (Å²) in [4.78, 5) is 5.15. The van der Waals surface area contributed by atoms with E-state index < -0.39 is 0 Å². The van der Waals surface area contributed by atoms with E-state index in [4.69, 9.17) is 0 Å². The van der Waals surface area contributed by atoms with E-state index in [1.807, 2.05) is 0 Å². The van der Waals surface area contributed by atoms with Crippen LogP contribution < -0.4 is 0 Å². The molecular weight excluding hydrogens is 438 g/mol. The number of β-amino-alcohol motifs (C(OH)–C–C–N with tert-alkyl or cyclic N) is 1. The van der Waals surface area contributed by atoms with Crippen LogP contribution in [0.15, 0.2) is 46.9 Å². The fourth-order valence-corrected chi connectivity index (χ4v) is 5.91. The summed E-state index contributed by atoms with van der Waals surface area (Å²) in [5.41, 5.74) is 2.40. The highest BCUT2D eigenvalue weighted by atomic mass is 79.9. The third kappa shape index (κ3) is 4.18. The average molecular weight is 470 g/mol. The second-order valence-corrected chi connectivity index (χ2v) is 9.99. The molecule has 0 amide bonds. The highest BCUT2D eigenvalue weighted by molar-refractivity contribution is 9.10. The van der Waals surface area contributed by atoms with Crippen molar-refractivity contribution in [3.05, 3.63) is 46.9 Å². The molecule has 5 heteroatoms. The maximum Gasteiger partial charge on any atom is 0.0845 e. The van der Waals surface area contributed by atoms with E-state index >= 15 is 0 Å². The van der Waals surface area contributed by atoms with Crippen LogP contribution in [0.3, 0.4) is 0 Å². The smallest absolute Gasteiger partial charge is 0.0845 e. The van der Waals surface area contributed by atoms with Gasteiger partial charge in [-0.15, -0.1) is 0 Å². The summed E-state index contributed by atoms with van der Waals surface area (Å²) in [6.45, 7) is 5.85. The van der Waals surface area contributed by atoms with Crippen LogP contribution in [-0.2, 0) is 6.54 Å². The van der Waals surface area contributed by atoms with Crippen LogP contribution in [0.4, 0.5) is 0 Å². The number of aliphatic hydroxyl groups excluding tert-OH is 1. The molecule has 1 aliphatic carbocycles. The van der Waals surface area contributed by atoms with E-state index in [-0.39, 0.29) is 6.10 Å². The van der Waals surface area contributed by atoms with Gasteiger partial charge in [0.1, 0.15) is 0 Å². The maximum atomic E-state index is 11.0. The molecule has 0 spiro atoms. The van der Waals surface area contributed by atoms with Gasteiger partial charge in [0, 0.05) is 65.0 Å². The largest absolute Gasteiger partial charge is 0.390 e. The van der Waals surface area contributed by atoms with Crippen molar-refractivity contribution in [2.75, 3.05) is 32.7 Å². The zero-order chi connectivity index (χ0) is 20.5. The first-order valence-electron chi connectivity index (χ1n) is 11.5. The molecule has 1 saturated heterocycles. The zero-order valence-corrected chi connectivity index (χ0v) is 19.2. The first kappa shape index (κ1) is 20.5. The lowest BCUT2D eigenvalue weighted by molar-refractivity contribution is 0.0435. The maximum absolute atomic E-state index is 11.0. The Morgan fingerprint density at radius 2 is 1.60 bits per heavy atom. The number of halogens is 1. The molecule has 1 saturated carbocycles. The molecule has 2 aliphatic rings. The Morgan fingerprint density at radius 3 is 2.40 bits per heavy atom. The Morgan fingerprint density at radius 1 is 0.867 bits per heavy atom. The summed E-state index contributed by atoms with van der Waals surface area (Å²) in [5.74, 6) is 0. The van der Waals surface area contributed by atoms with E-state index in [1.54, 1.807) is 0 Å². The molecule has 2 heterocycles. The number of aromatic nitrogens is 1. The molecular formula is C25H32BrN3O. The van der Waals surface area contributed by atoms with Crippen LogP contribution in [0.25, 0.3) is 21.8 Å². The molecule has 1 aromatic heterocycles. The quantitative estimate of drug-likeness (QED) is 0.578. The number of fused-ring (bicyclic) bond motifs is 3. The minimum Gasteiger partial charge on any atom is -0.390 e.